The summed E-state index contributed by atoms with van der Waals surface area (Å²) in [6.07, 6.45) is 3.34. The van der Waals surface area contributed by atoms with Crippen molar-refractivity contribution >= 4 is 0 Å². The highest BCUT2D eigenvalue weighted by atomic mass is 16.6. The quantitative estimate of drug-likeness (QED) is 0.723. The third-order valence-corrected chi connectivity index (χ3v) is 3.87. The normalized spacial score (nSPS) is 42.6. The highest BCUT2D eigenvalue weighted by molar-refractivity contribution is 5.10. The predicted molar refractivity (Wildman–Crippen MR) is 59.8 cm³/mol. The van der Waals surface area contributed by atoms with E-state index in [0.717, 1.165) is 19.3 Å². The van der Waals surface area contributed by atoms with Crippen molar-refractivity contribution < 1.29 is 9.47 Å². The van der Waals surface area contributed by atoms with Gasteiger partial charge < -0.3 is 15.2 Å². The molecule has 0 unspecified atom stereocenters. The van der Waals surface area contributed by atoms with Gasteiger partial charge in [0.1, 0.15) is 0 Å². The van der Waals surface area contributed by atoms with Crippen molar-refractivity contribution in [3.63, 3.8) is 0 Å². The minimum atomic E-state index is -0.194. The molecule has 3 nitrogen and oxygen atoms in total. The van der Waals surface area contributed by atoms with Crippen molar-refractivity contribution in [2.24, 2.45) is 5.73 Å². The van der Waals surface area contributed by atoms with Gasteiger partial charge in [0, 0.05) is 13.0 Å². The van der Waals surface area contributed by atoms with E-state index in [1.165, 1.54) is 0 Å². The Kier molecular flexibility index (Phi) is 2.42. The topological polar surface area (TPSA) is 44.5 Å². The van der Waals surface area contributed by atoms with Crippen molar-refractivity contribution in [3.8, 4) is 0 Å². The lowest BCUT2D eigenvalue weighted by atomic mass is 9.80. The van der Waals surface area contributed by atoms with Gasteiger partial charge in [0.2, 0.25) is 0 Å². The van der Waals surface area contributed by atoms with Crippen molar-refractivity contribution in [1.29, 1.82) is 0 Å². The van der Waals surface area contributed by atoms with E-state index in [0.29, 0.717) is 6.54 Å². The zero-order valence-corrected chi connectivity index (χ0v) is 10.3. The molecule has 2 N–H and O–H groups in total. The molecule has 15 heavy (non-hydrogen) atoms. The molecule has 0 aliphatic carbocycles. The molecule has 0 amide bonds. The van der Waals surface area contributed by atoms with Crippen molar-refractivity contribution in [2.75, 3.05) is 6.54 Å². The van der Waals surface area contributed by atoms with Crippen LogP contribution in [0.4, 0.5) is 0 Å². The highest BCUT2D eigenvalue weighted by Crippen LogP contribution is 2.53. The maximum Gasteiger partial charge on any atom is 0.0998 e. The van der Waals surface area contributed by atoms with Crippen molar-refractivity contribution in [1.82, 2.24) is 0 Å². The van der Waals surface area contributed by atoms with Gasteiger partial charge in [0.05, 0.1) is 22.9 Å². The van der Waals surface area contributed by atoms with Crippen LogP contribution in [0.5, 0.6) is 0 Å². The molecule has 0 aromatic rings. The maximum atomic E-state index is 6.16. The van der Waals surface area contributed by atoms with E-state index in [1.807, 2.05) is 0 Å². The molecule has 2 heterocycles. The summed E-state index contributed by atoms with van der Waals surface area (Å²) in [6, 6.07) is 0. The lowest BCUT2D eigenvalue weighted by Crippen LogP contribution is -2.46. The summed E-state index contributed by atoms with van der Waals surface area (Å²) in [7, 11) is 0. The van der Waals surface area contributed by atoms with Crippen molar-refractivity contribution in [3.05, 3.63) is 0 Å². The van der Waals surface area contributed by atoms with Crippen LogP contribution in [0.25, 0.3) is 0 Å². The van der Waals surface area contributed by atoms with Crippen LogP contribution in [0.3, 0.4) is 0 Å². The Morgan fingerprint density at radius 1 is 1.27 bits per heavy atom. The van der Waals surface area contributed by atoms with E-state index >= 15 is 0 Å². The second kappa shape index (κ2) is 3.19. The Morgan fingerprint density at radius 2 is 1.93 bits per heavy atom. The molecular weight excluding hydrogens is 190 g/mol. The van der Waals surface area contributed by atoms with Gasteiger partial charge in [-0.05, 0) is 40.5 Å². The first kappa shape index (κ1) is 11.4. The fourth-order valence-corrected chi connectivity index (χ4v) is 3.29. The molecule has 0 saturated carbocycles. The van der Waals surface area contributed by atoms with Crippen LogP contribution >= 0.6 is 0 Å². The standard InChI is InChI=1S/C12H23NO2/c1-10(2)8-12(11(3,4)15-10)6-5-9(7-13)14-12/h9H,5-8,13H2,1-4H3/t9-,12-/m0/s1. The van der Waals surface area contributed by atoms with Crippen LogP contribution in [-0.2, 0) is 9.47 Å². The van der Waals surface area contributed by atoms with Crippen LogP contribution in [0.1, 0.15) is 47.0 Å². The van der Waals surface area contributed by atoms with Gasteiger partial charge in [-0.2, -0.15) is 0 Å². The van der Waals surface area contributed by atoms with E-state index in [2.05, 4.69) is 27.7 Å². The molecule has 0 bridgehead atoms. The largest absolute Gasteiger partial charge is 0.367 e. The lowest BCUT2D eigenvalue weighted by Gasteiger charge is -2.36. The number of ether oxygens (including phenoxy) is 2. The van der Waals surface area contributed by atoms with Gasteiger partial charge in [-0.3, -0.25) is 0 Å². The van der Waals surface area contributed by atoms with Gasteiger partial charge in [0.15, 0.2) is 0 Å². The SMILES string of the molecule is CC1(C)C[C@@]2(CC[C@@H](CN)O2)C(C)(C)O1. The summed E-state index contributed by atoms with van der Waals surface area (Å²) in [5.74, 6) is 0. The van der Waals surface area contributed by atoms with E-state index < -0.39 is 0 Å². The summed E-state index contributed by atoms with van der Waals surface area (Å²) in [4.78, 5) is 0. The van der Waals surface area contributed by atoms with Crippen LogP contribution in [0.2, 0.25) is 0 Å². The molecule has 0 aromatic heterocycles. The Morgan fingerprint density at radius 3 is 2.33 bits per heavy atom. The third-order valence-electron chi connectivity index (χ3n) is 3.87. The molecule has 2 fully saturated rings. The van der Waals surface area contributed by atoms with Gasteiger partial charge in [-0.25, -0.2) is 0 Å². The minimum Gasteiger partial charge on any atom is -0.367 e. The first-order valence-electron chi connectivity index (χ1n) is 5.88. The number of rotatable bonds is 1. The fourth-order valence-electron chi connectivity index (χ4n) is 3.29. The first-order chi connectivity index (χ1) is 6.80. The van der Waals surface area contributed by atoms with Crippen molar-refractivity contribution in [2.45, 2.75) is 69.9 Å². The molecule has 1 spiro atoms. The van der Waals surface area contributed by atoms with Crippen LogP contribution in [-0.4, -0.2) is 29.5 Å². The molecule has 3 heteroatoms. The zero-order chi connectivity index (χ0) is 11.3. The van der Waals surface area contributed by atoms with Gasteiger partial charge in [-0.15, -0.1) is 0 Å². The monoisotopic (exact) mass is 213 g/mol. The third kappa shape index (κ3) is 1.71. The van der Waals surface area contributed by atoms with Gasteiger partial charge in [-0.1, -0.05) is 0 Å². The zero-order valence-electron chi connectivity index (χ0n) is 10.3. The first-order valence-corrected chi connectivity index (χ1v) is 5.88. The molecule has 2 atom stereocenters. The summed E-state index contributed by atoms with van der Waals surface area (Å²) in [5.41, 5.74) is 5.29. The van der Waals surface area contributed by atoms with E-state index in [1.54, 1.807) is 0 Å². The average molecular weight is 213 g/mol. The molecule has 88 valence electrons. The molecule has 2 rings (SSSR count). The molecule has 2 saturated heterocycles. The molecular formula is C12H23NO2. The Bertz CT molecular complexity index is 262. The van der Waals surface area contributed by atoms with E-state index in [4.69, 9.17) is 15.2 Å². The Hall–Kier alpha value is -0.120. The molecule has 0 radical (unpaired) electrons. The Labute approximate surface area is 92.3 Å². The second-order valence-corrected chi connectivity index (χ2v) is 6.06. The number of hydrogen-bond donors (Lipinski definition) is 1. The van der Waals surface area contributed by atoms with E-state index in [-0.39, 0.29) is 22.9 Å². The lowest BCUT2D eigenvalue weighted by molar-refractivity contribution is -0.144. The molecule has 2 aliphatic heterocycles. The van der Waals surface area contributed by atoms with Crippen LogP contribution in [0, 0.1) is 0 Å². The minimum absolute atomic E-state index is 0.0764. The highest BCUT2D eigenvalue weighted by Gasteiger charge is 2.60. The summed E-state index contributed by atoms with van der Waals surface area (Å²) in [6.45, 7) is 9.19. The summed E-state index contributed by atoms with van der Waals surface area (Å²) >= 11 is 0. The van der Waals surface area contributed by atoms with E-state index in [9.17, 15) is 0 Å². The average Bonchev–Trinajstić information content (AvgIpc) is 2.53. The summed E-state index contributed by atoms with van der Waals surface area (Å²) in [5, 5.41) is 0. The summed E-state index contributed by atoms with van der Waals surface area (Å²) < 4.78 is 12.3. The maximum absolute atomic E-state index is 6.16. The second-order valence-electron chi connectivity index (χ2n) is 6.06. The molecule has 0 aromatic carbocycles. The van der Waals surface area contributed by atoms with Crippen LogP contribution < -0.4 is 5.73 Å². The predicted octanol–water partition coefficient (Wildman–Crippen LogP) is 1.84. The number of nitrogens with two attached hydrogens (primary N) is 1. The fraction of sp³-hybridized carbons (Fsp3) is 1.00. The molecule has 2 aliphatic rings. The Balaban J connectivity index is 2.22. The van der Waals surface area contributed by atoms with Gasteiger partial charge in [0.25, 0.3) is 0 Å². The van der Waals surface area contributed by atoms with Gasteiger partial charge >= 0.3 is 0 Å². The van der Waals surface area contributed by atoms with Crippen LogP contribution in [0.15, 0.2) is 0 Å². The number of hydrogen-bond acceptors (Lipinski definition) is 3. The smallest absolute Gasteiger partial charge is 0.0998 e.